The van der Waals surface area contributed by atoms with E-state index in [4.69, 9.17) is 5.73 Å². The third-order valence-corrected chi connectivity index (χ3v) is 4.62. The number of nitrogens with two attached hydrogens (primary N) is 1. The summed E-state index contributed by atoms with van der Waals surface area (Å²) in [4.78, 5) is 0. The summed E-state index contributed by atoms with van der Waals surface area (Å²) in [6.45, 7) is 0.409. The zero-order chi connectivity index (χ0) is 13.2. The summed E-state index contributed by atoms with van der Waals surface area (Å²) in [6, 6.07) is 5.60. The second-order valence-corrected chi connectivity index (χ2v) is 5.74. The van der Waals surface area contributed by atoms with E-state index in [9.17, 15) is 13.2 Å². The molecule has 0 amide bonds. The van der Waals surface area contributed by atoms with E-state index < -0.39 is 11.7 Å². The summed E-state index contributed by atoms with van der Waals surface area (Å²) in [5, 5.41) is 0. The number of hydrogen-bond acceptors (Lipinski definition) is 2. The van der Waals surface area contributed by atoms with Crippen LogP contribution in [0.5, 0.6) is 0 Å². The van der Waals surface area contributed by atoms with Crippen LogP contribution in [0.2, 0.25) is 0 Å². The van der Waals surface area contributed by atoms with Gasteiger partial charge in [-0.25, -0.2) is 0 Å². The van der Waals surface area contributed by atoms with Gasteiger partial charge in [0.25, 0.3) is 0 Å². The second-order valence-electron chi connectivity index (χ2n) is 4.59. The monoisotopic (exact) mass is 275 g/mol. The van der Waals surface area contributed by atoms with E-state index in [0.717, 1.165) is 29.6 Å². The van der Waals surface area contributed by atoms with Crippen LogP contribution in [0, 0.1) is 5.92 Å². The Bertz CT molecular complexity index is 399. The predicted molar refractivity (Wildman–Crippen MR) is 68.7 cm³/mol. The Morgan fingerprint density at radius 1 is 1.39 bits per heavy atom. The fraction of sp³-hybridized carbons (Fsp3) is 0.538. The molecular formula is C13H16F3NS. The third kappa shape index (κ3) is 3.01. The highest BCUT2D eigenvalue weighted by atomic mass is 32.2. The molecule has 1 fully saturated rings. The van der Waals surface area contributed by atoms with Gasteiger partial charge < -0.3 is 5.73 Å². The first-order valence-electron chi connectivity index (χ1n) is 5.97. The quantitative estimate of drug-likeness (QED) is 0.913. The summed E-state index contributed by atoms with van der Waals surface area (Å²) in [6.07, 6.45) is -3.23. The lowest BCUT2D eigenvalue weighted by molar-refractivity contribution is -0.137. The average molecular weight is 275 g/mol. The first-order chi connectivity index (χ1) is 8.52. The van der Waals surface area contributed by atoms with E-state index in [-0.39, 0.29) is 5.92 Å². The SMILES string of the molecule is NCC(c1cccc(C(F)(F)F)c1)C1CCSC1. The molecule has 1 aromatic carbocycles. The Hall–Kier alpha value is -0.680. The number of rotatable bonds is 3. The minimum atomic E-state index is -4.28. The zero-order valence-corrected chi connectivity index (χ0v) is 10.7. The lowest BCUT2D eigenvalue weighted by atomic mass is 9.85. The summed E-state index contributed by atoms with van der Waals surface area (Å²) in [5.74, 6) is 2.53. The normalized spacial score (nSPS) is 22.1. The molecule has 1 saturated heterocycles. The number of alkyl halides is 3. The lowest BCUT2D eigenvalue weighted by Crippen LogP contribution is -2.22. The summed E-state index contributed by atoms with van der Waals surface area (Å²) < 4.78 is 38.0. The molecule has 1 heterocycles. The molecule has 1 aliphatic rings. The second kappa shape index (κ2) is 5.53. The molecule has 2 rings (SSSR count). The molecule has 0 bridgehead atoms. The van der Waals surface area contributed by atoms with Crippen LogP contribution in [0.3, 0.4) is 0 Å². The zero-order valence-electron chi connectivity index (χ0n) is 9.91. The fourth-order valence-corrected chi connectivity index (χ4v) is 3.75. The van der Waals surface area contributed by atoms with Crippen LogP contribution in [0.15, 0.2) is 24.3 Å². The Balaban J connectivity index is 2.25. The van der Waals surface area contributed by atoms with Crippen molar-refractivity contribution in [1.29, 1.82) is 0 Å². The smallest absolute Gasteiger partial charge is 0.330 e. The first-order valence-corrected chi connectivity index (χ1v) is 7.13. The topological polar surface area (TPSA) is 26.0 Å². The van der Waals surface area contributed by atoms with Gasteiger partial charge in [0.1, 0.15) is 0 Å². The standard InChI is InChI=1S/C13H16F3NS/c14-13(15,16)11-3-1-2-9(6-11)12(7-17)10-4-5-18-8-10/h1-3,6,10,12H,4-5,7-8,17H2. The van der Waals surface area contributed by atoms with Gasteiger partial charge in [0, 0.05) is 0 Å². The molecule has 2 unspecified atom stereocenters. The van der Waals surface area contributed by atoms with Gasteiger partial charge in [-0.2, -0.15) is 24.9 Å². The van der Waals surface area contributed by atoms with Crippen molar-refractivity contribution < 1.29 is 13.2 Å². The lowest BCUT2D eigenvalue weighted by Gasteiger charge is -2.22. The molecule has 1 aliphatic heterocycles. The first kappa shape index (κ1) is 13.7. The van der Waals surface area contributed by atoms with E-state index in [1.165, 1.54) is 12.1 Å². The van der Waals surface area contributed by atoms with E-state index in [1.807, 2.05) is 11.8 Å². The molecule has 0 aliphatic carbocycles. The van der Waals surface area contributed by atoms with Crippen molar-refractivity contribution in [3.63, 3.8) is 0 Å². The molecule has 2 N–H and O–H groups in total. The largest absolute Gasteiger partial charge is 0.416 e. The van der Waals surface area contributed by atoms with Crippen molar-refractivity contribution in [2.75, 3.05) is 18.1 Å². The summed E-state index contributed by atoms with van der Waals surface area (Å²) >= 11 is 1.85. The van der Waals surface area contributed by atoms with Crippen LogP contribution in [0.1, 0.15) is 23.5 Å². The molecular weight excluding hydrogens is 259 g/mol. The van der Waals surface area contributed by atoms with Crippen molar-refractivity contribution in [2.45, 2.75) is 18.5 Å². The third-order valence-electron chi connectivity index (χ3n) is 3.43. The van der Waals surface area contributed by atoms with Crippen molar-refractivity contribution in [1.82, 2.24) is 0 Å². The van der Waals surface area contributed by atoms with Crippen LogP contribution in [0.4, 0.5) is 13.2 Å². The van der Waals surface area contributed by atoms with Gasteiger partial charge >= 0.3 is 6.18 Å². The minimum Gasteiger partial charge on any atom is -0.330 e. The van der Waals surface area contributed by atoms with Crippen molar-refractivity contribution in [2.24, 2.45) is 11.7 Å². The number of halogens is 3. The van der Waals surface area contributed by atoms with Gasteiger partial charge in [0.05, 0.1) is 5.56 Å². The maximum atomic E-state index is 12.7. The van der Waals surface area contributed by atoms with Crippen LogP contribution < -0.4 is 5.73 Å². The Morgan fingerprint density at radius 2 is 2.17 bits per heavy atom. The van der Waals surface area contributed by atoms with Gasteiger partial charge in [0.15, 0.2) is 0 Å². The van der Waals surface area contributed by atoms with Gasteiger partial charge in [-0.05, 0) is 47.9 Å². The highest BCUT2D eigenvalue weighted by molar-refractivity contribution is 7.99. The van der Waals surface area contributed by atoms with Crippen molar-refractivity contribution >= 4 is 11.8 Å². The van der Waals surface area contributed by atoms with E-state index in [2.05, 4.69) is 0 Å². The highest BCUT2D eigenvalue weighted by Gasteiger charge is 2.32. The Morgan fingerprint density at radius 3 is 2.72 bits per heavy atom. The number of hydrogen-bond donors (Lipinski definition) is 1. The van der Waals surface area contributed by atoms with Gasteiger partial charge in [-0.3, -0.25) is 0 Å². The maximum Gasteiger partial charge on any atom is 0.416 e. The maximum absolute atomic E-state index is 12.7. The van der Waals surface area contributed by atoms with E-state index in [1.54, 1.807) is 6.07 Å². The number of thioether (sulfide) groups is 1. The van der Waals surface area contributed by atoms with Crippen molar-refractivity contribution in [3.05, 3.63) is 35.4 Å². The van der Waals surface area contributed by atoms with Crippen LogP contribution in [0.25, 0.3) is 0 Å². The number of benzene rings is 1. The van der Waals surface area contributed by atoms with Crippen LogP contribution in [-0.4, -0.2) is 18.1 Å². The van der Waals surface area contributed by atoms with Gasteiger partial charge in [-0.1, -0.05) is 18.2 Å². The summed E-state index contributed by atoms with van der Waals surface area (Å²) in [5.41, 5.74) is 5.90. The predicted octanol–water partition coefficient (Wildman–Crippen LogP) is 3.50. The Labute approximate surface area is 109 Å². The highest BCUT2D eigenvalue weighted by Crippen LogP contribution is 2.37. The molecule has 1 nitrogen and oxygen atoms in total. The van der Waals surface area contributed by atoms with Crippen LogP contribution in [-0.2, 0) is 6.18 Å². The molecule has 2 atom stereocenters. The molecule has 1 aromatic rings. The molecule has 0 saturated carbocycles. The van der Waals surface area contributed by atoms with Gasteiger partial charge in [0.2, 0.25) is 0 Å². The summed E-state index contributed by atoms with van der Waals surface area (Å²) in [7, 11) is 0. The molecule has 100 valence electrons. The average Bonchev–Trinajstić information content (AvgIpc) is 2.83. The Kier molecular flexibility index (Phi) is 4.22. The fourth-order valence-electron chi connectivity index (χ4n) is 2.42. The van der Waals surface area contributed by atoms with Gasteiger partial charge in [-0.15, -0.1) is 0 Å². The molecule has 18 heavy (non-hydrogen) atoms. The molecule has 0 aromatic heterocycles. The van der Waals surface area contributed by atoms with Crippen molar-refractivity contribution in [3.8, 4) is 0 Å². The molecule has 5 heteroatoms. The van der Waals surface area contributed by atoms with Crippen LogP contribution >= 0.6 is 11.8 Å². The minimum absolute atomic E-state index is 0.0438. The molecule has 0 radical (unpaired) electrons. The van der Waals surface area contributed by atoms with E-state index in [0.29, 0.717) is 12.5 Å². The molecule has 0 spiro atoms. The van der Waals surface area contributed by atoms with E-state index >= 15 is 0 Å².